The van der Waals surface area contributed by atoms with Crippen molar-refractivity contribution >= 4 is 5.97 Å². The topological polar surface area (TPSA) is 38.3 Å². The summed E-state index contributed by atoms with van der Waals surface area (Å²) in [5.41, 5.74) is 0. The maximum absolute atomic E-state index is 11.4. The van der Waals surface area contributed by atoms with Crippen LogP contribution in [0.1, 0.15) is 26.7 Å². The molecule has 0 aromatic heterocycles. The fraction of sp³-hybridized carbons (Fsp3) is 0.900. The average Bonchev–Trinajstić information content (AvgIpc) is 2.15. The van der Waals surface area contributed by atoms with E-state index in [1.165, 1.54) is 0 Å². The summed E-state index contributed by atoms with van der Waals surface area (Å²) >= 11 is 0. The van der Waals surface area contributed by atoms with Crippen LogP contribution in [0.5, 0.6) is 0 Å². The standard InChI is InChI=1S/C10H19NO2/c1-8(2)7-13-10(12)9-4-3-5-11-6-9/h8-9,11H,3-7H2,1-2H3. The van der Waals surface area contributed by atoms with E-state index in [1.54, 1.807) is 0 Å². The van der Waals surface area contributed by atoms with Gasteiger partial charge in [-0.1, -0.05) is 13.8 Å². The van der Waals surface area contributed by atoms with Gasteiger partial charge in [0.1, 0.15) is 0 Å². The van der Waals surface area contributed by atoms with Crippen LogP contribution in [-0.2, 0) is 9.53 Å². The Bertz CT molecular complexity index is 162. The van der Waals surface area contributed by atoms with E-state index in [0.29, 0.717) is 12.5 Å². The lowest BCUT2D eigenvalue weighted by Gasteiger charge is -2.21. The lowest BCUT2D eigenvalue weighted by molar-refractivity contribution is -0.150. The average molecular weight is 185 g/mol. The summed E-state index contributed by atoms with van der Waals surface area (Å²) in [6.07, 6.45) is 2.06. The number of piperidine rings is 1. The predicted molar refractivity (Wildman–Crippen MR) is 51.4 cm³/mol. The number of ether oxygens (including phenoxy) is 1. The Morgan fingerprint density at radius 2 is 2.38 bits per heavy atom. The normalized spacial score (nSPS) is 23.2. The molecule has 76 valence electrons. The fourth-order valence-electron chi connectivity index (χ4n) is 1.42. The molecule has 1 saturated heterocycles. The molecule has 3 heteroatoms. The first-order valence-electron chi connectivity index (χ1n) is 5.07. The van der Waals surface area contributed by atoms with E-state index >= 15 is 0 Å². The summed E-state index contributed by atoms with van der Waals surface area (Å²) in [7, 11) is 0. The van der Waals surface area contributed by atoms with Gasteiger partial charge in [-0.25, -0.2) is 0 Å². The highest BCUT2D eigenvalue weighted by Gasteiger charge is 2.22. The van der Waals surface area contributed by atoms with Gasteiger partial charge in [-0.3, -0.25) is 4.79 Å². The Kier molecular flexibility index (Phi) is 4.22. The minimum absolute atomic E-state index is 0.0269. The van der Waals surface area contributed by atoms with Crippen LogP contribution < -0.4 is 5.32 Å². The van der Waals surface area contributed by atoms with Gasteiger partial charge in [-0.2, -0.15) is 0 Å². The molecule has 3 nitrogen and oxygen atoms in total. The minimum atomic E-state index is -0.0269. The van der Waals surface area contributed by atoms with E-state index in [9.17, 15) is 4.79 Å². The second-order valence-corrected chi connectivity index (χ2v) is 4.07. The number of nitrogens with one attached hydrogen (secondary N) is 1. The first kappa shape index (κ1) is 10.5. The van der Waals surface area contributed by atoms with Gasteiger partial charge in [0.2, 0.25) is 0 Å². The lowest BCUT2D eigenvalue weighted by atomic mass is 10.0. The van der Waals surface area contributed by atoms with Gasteiger partial charge in [0, 0.05) is 6.54 Å². The zero-order valence-electron chi connectivity index (χ0n) is 8.51. The molecule has 0 aromatic carbocycles. The van der Waals surface area contributed by atoms with Crippen molar-refractivity contribution in [3.63, 3.8) is 0 Å². The van der Waals surface area contributed by atoms with Crippen molar-refractivity contribution in [3.05, 3.63) is 0 Å². The maximum atomic E-state index is 11.4. The number of rotatable bonds is 3. The predicted octanol–water partition coefficient (Wildman–Crippen LogP) is 1.19. The molecule has 1 atom stereocenters. The SMILES string of the molecule is CC(C)COC(=O)C1CCCNC1. The highest BCUT2D eigenvalue weighted by molar-refractivity contribution is 5.72. The number of hydrogen-bond acceptors (Lipinski definition) is 3. The zero-order chi connectivity index (χ0) is 9.68. The molecule has 0 aliphatic carbocycles. The molecular weight excluding hydrogens is 166 g/mol. The van der Waals surface area contributed by atoms with Crippen LogP contribution in [0.4, 0.5) is 0 Å². The number of carbonyl (C=O) groups is 1. The third-order valence-electron chi connectivity index (χ3n) is 2.19. The van der Waals surface area contributed by atoms with Crippen LogP contribution in [0.2, 0.25) is 0 Å². The quantitative estimate of drug-likeness (QED) is 0.671. The van der Waals surface area contributed by atoms with Crippen LogP contribution >= 0.6 is 0 Å². The third-order valence-corrected chi connectivity index (χ3v) is 2.19. The van der Waals surface area contributed by atoms with Crippen molar-refractivity contribution < 1.29 is 9.53 Å². The number of esters is 1. The summed E-state index contributed by atoms with van der Waals surface area (Å²) in [5, 5.41) is 3.20. The van der Waals surface area contributed by atoms with E-state index < -0.39 is 0 Å². The van der Waals surface area contributed by atoms with E-state index in [-0.39, 0.29) is 11.9 Å². The molecule has 1 rings (SSSR count). The summed E-state index contributed by atoms with van der Waals surface area (Å²) in [6.45, 7) is 6.47. The minimum Gasteiger partial charge on any atom is -0.465 e. The molecule has 0 saturated carbocycles. The Labute approximate surface area is 79.8 Å². The van der Waals surface area contributed by atoms with E-state index in [2.05, 4.69) is 5.32 Å². The molecule has 1 fully saturated rings. The van der Waals surface area contributed by atoms with Crippen LogP contribution in [0.3, 0.4) is 0 Å². The Morgan fingerprint density at radius 3 is 2.92 bits per heavy atom. The van der Waals surface area contributed by atoms with Gasteiger partial charge in [-0.15, -0.1) is 0 Å². The number of hydrogen-bond donors (Lipinski definition) is 1. The molecule has 13 heavy (non-hydrogen) atoms. The van der Waals surface area contributed by atoms with E-state index in [0.717, 1.165) is 25.9 Å². The van der Waals surface area contributed by atoms with Crippen molar-refractivity contribution in [3.8, 4) is 0 Å². The van der Waals surface area contributed by atoms with E-state index in [1.807, 2.05) is 13.8 Å². The summed E-state index contributed by atoms with van der Waals surface area (Å²) < 4.78 is 5.16. The smallest absolute Gasteiger partial charge is 0.310 e. The first-order valence-corrected chi connectivity index (χ1v) is 5.07. The van der Waals surface area contributed by atoms with Gasteiger partial charge in [0.05, 0.1) is 12.5 Å². The molecule has 0 radical (unpaired) electrons. The molecule has 1 aliphatic heterocycles. The molecule has 1 N–H and O–H groups in total. The van der Waals surface area contributed by atoms with Gasteiger partial charge in [0.25, 0.3) is 0 Å². The van der Waals surface area contributed by atoms with Crippen molar-refractivity contribution in [2.75, 3.05) is 19.7 Å². The van der Waals surface area contributed by atoms with Gasteiger partial charge in [-0.05, 0) is 25.3 Å². The monoisotopic (exact) mass is 185 g/mol. The fourth-order valence-corrected chi connectivity index (χ4v) is 1.42. The Balaban J connectivity index is 2.21. The largest absolute Gasteiger partial charge is 0.465 e. The second-order valence-electron chi connectivity index (χ2n) is 4.07. The van der Waals surface area contributed by atoms with Crippen molar-refractivity contribution in [1.82, 2.24) is 5.32 Å². The van der Waals surface area contributed by atoms with Crippen LogP contribution in [0.25, 0.3) is 0 Å². The van der Waals surface area contributed by atoms with Crippen LogP contribution in [0.15, 0.2) is 0 Å². The van der Waals surface area contributed by atoms with Crippen molar-refractivity contribution in [2.45, 2.75) is 26.7 Å². The summed E-state index contributed by atoms with van der Waals surface area (Å²) in [4.78, 5) is 11.4. The molecule has 0 spiro atoms. The van der Waals surface area contributed by atoms with Gasteiger partial charge in [0.15, 0.2) is 0 Å². The maximum Gasteiger partial charge on any atom is 0.310 e. The van der Waals surface area contributed by atoms with Gasteiger partial charge < -0.3 is 10.1 Å². The molecule has 0 amide bonds. The first-order chi connectivity index (χ1) is 6.20. The van der Waals surface area contributed by atoms with Crippen LogP contribution in [-0.4, -0.2) is 25.7 Å². The van der Waals surface area contributed by atoms with Gasteiger partial charge >= 0.3 is 5.97 Å². The van der Waals surface area contributed by atoms with Crippen molar-refractivity contribution in [2.24, 2.45) is 11.8 Å². The molecule has 1 unspecified atom stereocenters. The third kappa shape index (κ3) is 3.77. The zero-order valence-corrected chi connectivity index (χ0v) is 8.51. The highest BCUT2D eigenvalue weighted by Crippen LogP contribution is 2.12. The lowest BCUT2D eigenvalue weighted by Crippen LogP contribution is -2.35. The summed E-state index contributed by atoms with van der Waals surface area (Å²) in [5.74, 6) is 0.494. The molecular formula is C10H19NO2. The highest BCUT2D eigenvalue weighted by atomic mass is 16.5. The van der Waals surface area contributed by atoms with Crippen LogP contribution in [0, 0.1) is 11.8 Å². The Morgan fingerprint density at radius 1 is 1.62 bits per heavy atom. The molecule has 1 aliphatic rings. The summed E-state index contributed by atoms with van der Waals surface area (Å²) in [6, 6.07) is 0. The molecule has 1 heterocycles. The molecule has 0 aromatic rings. The Hall–Kier alpha value is -0.570. The molecule has 0 bridgehead atoms. The number of carbonyl (C=O) groups excluding carboxylic acids is 1. The second kappa shape index (κ2) is 5.22. The van der Waals surface area contributed by atoms with Crippen molar-refractivity contribution in [1.29, 1.82) is 0 Å². The van der Waals surface area contributed by atoms with E-state index in [4.69, 9.17) is 4.74 Å².